The quantitative estimate of drug-likeness (QED) is 0.907. The highest BCUT2D eigenvalue weighted by Crippen LogP contribution is 2.22. The molecular weight excluding hydrogens is 257 g/mol. The molecule has 0 aliphatic rings. The minimum Gasteiger partial charge on any atom is -0.383 e. The molecule has 1 unspecified atom stereocenters. The van der Waals surface area contributed by atoms with Crippen molar-refractivity contribution in [1.82, 2.24) is 9.55 Å². The van der Waals surface area contributed by atoms with Gasteiger partial charge in [0.05, 0.1) is 18.3 Å². The Balaban J connectivity index is 2.28. The molecule has 0 radical (unpaired) electrons. The van der Waals surface area contributed by atoms with Crippen molar-refractivity contribution in [2.45, 2.75) is 26.8 Å². The highest BCUT2D eigenvalue weighted by Gasteiger charge is 2.12. The van der Waals surface area contributed by atoms with Crippen LogP contribution in [0.15, 0.2) is 24.4 Å². The van der Waals surface area contributed by atoms with Crippen LogP contribution >= 0.6 is 0 Å². The maximum absolute atomic E-state index is 13.4. The Labute approximate surface area is 118 Å². The third-order valence-corrected chi connectivity index (χ3v) is 3.03. The molecule has 2 aromatic rings. The summed E-state index contributed by atoms with van der Waals surface area (Å²) in [5.74, 6) is 0.435. The molecule has 2 rings (SSSR count). The van der Waals surface area contributed by atoms with Gasteiger partial charge in [-0.05, 0) is 44.5 Å². The van der Waals surface area contributed by atoms with E-state index in [0.717, 1.165) is 11.3 Å². The summed E-state index contributed by atoms with van der Waals surface area (Å²) < 4.78 is 20.6. The van der Waals surface area contributed by atoms with Gasteiger partial charge < -0.3 is 14.6 Å². The first kappa shape index (κ1) is 14.5. The lowest BCUT2D eigenvalue weighted by molar-refractivity contribution is 0.163. The Hall–Kier alpha value is -1.88. The van der Waals surface area contributed by atoms with Gasteiger partial charge in [-0.1, -0.05) is 0 Å². The number of aryl methyl sites for hydroxylation is 2. The normalized spacial score (nSPS) is 12.4. The molecule has 1 aromatic carbocycles. The van der Waals surface area contributed by atoms with Crippen molar-refractivity contribution in [3.63, 3.8) is 0 Å². The predicted molar refractivity (Wildman–Crippen MR) is 78.0 cm³/mol. The molecule has 0 spiro atoms. The molecule has 0 amide bonds. The van der Waals surface area contributed by atoms with Crippen molar-refractivity contribution >= 4 is 11.6 Å². The van der Waals surface area contributed by atoms with E-state index in [1.54, 1.807) is 7.11 Å². The minimum absolute atomic E-state index is 0.151. The molecule has 0 bridgehead atoms. The average Bonchev–Trinajstić information content (AvgIpc) is 2.69. The van der Waals surface area contributed by atoms with Gasteiger partial charge in [0.15, 0.2) is 0 Å². The zero-order valence-electron chi connectivity index (χ0n) is 12.3. The molecule has 1 atom stereocenters. The number of aromatic nitrogens is 2. The van der Waals surface area contributed by atoms with Gasteiger partial charge in [0, 0.05) is 19.0 Å². The van der Waals surface area contributed by atoms with E-state index in [4.69, 9.17) is 4.74 Å². The predicted octanol–water partition coefficient (Wildman–Crippen LogP) is 3.59. The fraction of sp³-hybridized carbons (Fsp3) is 0.400. The van der Waals surface area contributed by atoms with Gasteiger partial charge >= 0.3 is 0 Å². The van der Waals surface area contributed by atoms with Crippen LogP contribution in [-0.2, 0) is 4.74 Å². The smallest absolute Gasteiger partial charge is 0.207 e. The Bertz CT molecular complexity index is 575. The summed E-state index contributed by atoms with van der Waals surface area (Å²) >= 11 is 0. The Morgan fingerprint density at radius 1 is 1.35 bits per heavy atom. The molecule has 0 saturated carbocycles. The third kappa shape index (κ3) is 3.36. The van der Waals surface area contributed by atoms with E-state index in [-0.39, 0.29) is 11.9 Å². The van der Waals surface area contributed by atoms with E-state index in [9.17, 15) is 4.39 Å². The van der Waals surface area contributed by atoms with Crippen LogP contribution in [0.1, 0.15) is 24.2 Å². The summed E-state index contributed by atoms with van der Waals surface area (Å²) in [6, 6.07) is 5.00. The summed E-state index contributed by atoms with van der Waals surface area (Å²) in [7, 11) is 1.67. The fourth-order valence-corrected chi connectivity index (χ4v) is 2.20. The summed E-state index contributed by atoms with van der Waals surface area (Å²) in [4.78, 5) is 4.44. The molecule has 108 valence electrons. The molecule has 0 aliphatic heterocycles. The molecular formula is C15H20FN3O. The van der Waals surface area contributed by atoms with E-state index in [1.807, 2.05) is 37.6 Å². The van der Waals surface area contributed by atoms with E-state index in [0.29, 0.717) is 18.2 Å². The first-order valence-corrected chi connectivity index (χ1v) is 6.58. The largest absolute Gasteiger partial charge is 0.383 e. The number of benzene rings is 1. The van der Waals surface area contributed by atoms with Crippen LogP contribution < -0.4 is 5.32 Å². The zero-order chi connectivity index (χ0) is 14.7. The van der Waals surface area contributed by atoms with E-state index in [2.05, 4.69) is 10.3 Å². The van der Waals surface area contributed by atoms with Gasteiger partial charge in [0.25, 0.3) is 0 Å². The van der Waals surface area contributed by atoms with Crippen LogP contribution in [0.3, 0.4) is 0 Å². The Morgan fingerprint density at radius 3 is 2.75 bits per heavy atom. The van der Waals surface area contributed by atoms with Crippen LogP contribution in [-0.4, -0.2) is 23.3 Å². The second-order valence-electron chi connectivity index (χ2n) is 5.06. The molecule has 1 aromatic heterocycles. The number of anilines is 2. The number of methoxy groups -OCH3 is 1. The van der Waals surface area contributed by atoms with Crippen molar-refractivity contribution in [3.05, 3.63) is 41.5 Å². The molecule has 20 heavy (non-hydrogen) atoms. The van der Waals surface area contributed by atoms with Gasteiger partial charge in [-0.25, -0.2) is 9.37 Å². The monoisotopic (exact) mass is 277 g/mol. The highest BCUT2D eigenvalue weighted by atomic mass is 19.1. The lowest BCUT2D eigenvalue weighted by atomic mass is 10.2. The molecule has 4 nitrogen and oxygen atoms in total. The van der Waals surface area contributed by atoms with E-state index in [1.165, 1.54) is 12.1 Å². The zero-order valence-corrected chi connectivity index (χ0v) is 12.3. The minimum atomic E-state index is -0.257. The van der Waals surface area contributed by atoms with E-state index < -0.39 is 0 Å². The highest BCUT2D eigenvalue weighted by molar-refractivity contribution is 5.55. The summed E-state index contributed by atoms with van der Waals surface area (Å²) in [5.41, 5.74) is 2.47. The van der Waals surface area contributed by atoms with Crippen LogP contribution in [0.4, 0.5) is 16.0 Å². The standard InChI is InChI=1S/C15H20FN3O/c1-10-5-13(16)7-14(6-10)18-15-17-11(2)8-19(15)12(3)9-20-4/h5-8,12H,9H2,1-4H3,(H,17,18). The van der Waals surface area contributed by atoms with Gasteiger partial charge in [0.1, 0.15) is 5.82 Å². The average molecular weight is 277 g/mol. The number of halogens is 1. The van der Waals surface area contributed by atoms with Crippen molar-refractivity contribution in [1.29, 1.82) is 0 Å². The number of hydrogen-bond acceptors (Lipinski definition) is 3. The van der Waals surface area contributed by atoms with Crippen LogP contribution in [0.5, 0.6) is 0 Å². The Kier molecular flexibility index (Phi) is 4.39. The summed E-state index contributed by atoms with van der Waals surface area (Å²) in [6.45, 7) is 6.43. The second kappa shape index (κ2) is 6.05. The number of ether oxygens (including phenoxy) is 1. The van der Waals surface area contributed by atoms with Crippen LogP contribution in [0.25, 0.3) is 0 Å². The van der Waals surface area contributed by atoms with Gasteiger partial charge in [-0.15, -0.1) is 0 Å². The molecule has 0 aliphatic carbocycles. The number of nitrogens with one attached hydrogen (secondary N) is 1. The van der Waals surface area contributed by atoms with Crippen molar-refractivity contribution in [3.8, 4) is 0 Å². The lowest BCUT2D eigenvalue weighted by Gasteiger charge is -2.16. The second-order valence-corrected chi connectivity index (χ2v) is 5.06. The van der Waals surface area contributed by atoms with Crippen LogP contribution in [0.2, 0.25) is 0 Å². The summed E-state index contributed by atoms with van der Waals surface area (Å²) in [6.07, 6.45) is 1.96. The number of hydrogen-bond donors (Lipinski definition) is 1. The first-order valence-electron chi connectivity index (χ1n) is 6.58. The molecule has 0 fully saturated rings. The van der Waals surface area contributed by atoms with Gasteiger partial charge in [-0.3, -0.25) is 0 Å². The topological polar surface area (TPSA) is 39.1 Å². The SMILES string of the molecule is COCC(C)n1cc(C)nc1Nc1cc(C)cc(F)c1. The third-order valence-electron chi connectivity index (χ3n) is 3.03. The lowest BCUT2D eigenvalue weighted by Crippen LogP contribution is -2.12. The van der Waals surface area contributed by atoms with Crippen molar-refractivity contribution in [2.24, 2.45) is 0 Å². The molecule has 5 heteroatoms. The number of imidazole rings is 1. The van der Waals surface area contributed by atoms with Gasteiger partial charge in [0.2, 0.25) is 5.95 Å². The summed E-state index contributed by atoms with van der Waals surface area (Å²) in [5, 5.41) is 3.17. The molecule has 1 N–H and O–H groups in total. The maximum atomic E-state index is 13.4. The fourth-order valence-electron chi connectivity index (χ4n) is 2.20. The first-order chi connectivity index (χ1) is 9.49. The van der Waals surface area contributed by atoms with Gasteiger partial charge in [-0.2, -0.15) is 0 Å². The maximum Gasteiger partial charge on any atom is 0.207 e. The van der Waals surface area contributed by atoms with Crippen molar-refractivity contribution < 1.29 is 9.13 Å². The van der Waals surface area contributed by atoms with Crippen molar-refractivity contribution in [2.75, 3.05) is 19.0 Å². The number of nitrogens with zero attached hydrogens (tertiary/aromatic N) is 2. The van der Waals surface area contributed by atoms with E-state index >= 15 is 0 Å². The molecule has 1 heterocycles. The number of rotatable bonds is 5. The van der Waals surface area contributed by atoms with Crippen LogP contribution in [0, 0.1) is 19.7 Å². The Morgan fingerprint density at radius 2 is 2.10 bits per heavy atom. The molecule has 0 saturated heterocycles.